The van der Waals surface area contributed by atoms with Crippen LogP contribution in [0, 0.1) is 6.92 Å². The van der Waals surface area contributed by atoms with Crippen LogP contribution in [0.15, 0.2) is 120 Å². The van der Waals surface area contributed by atoms with E-state index in [2.05, 4.69) is 143 Å². The van der Waals surface area contributed by atoms with Gasteiger partial charge < -0.3 is 4.90 Å². The van der Waals surface area contributed by atoms with E-state index in [1.165, 1.54) is 54.3 Å². The van der Waals surface area contributed by atoms with Crippen LogP contribution >= 0.6 is 15.9 Å². The molecule has 0 saturated carbocycles. The van der Waals surface area contributed by atoms with Crippen molar-refractivity contribution in [2.75, 3.05) is 4.90 Å². The Labute approximate surface area is 212 Å². The van der Waals surface area contributed by atoms with Gasteiger partial charge in [-0.2, -0.15) is 0 Å². The summed E-state index contributed by atoms with van der Waals surface area (Å²) < 4.78 is 1.13. The Morgan fingerprint density at radius 1 is 0.514 bits per heavy atom. The first-order valence-electron chi connectivity index (χ1n) is 11.9. The topological polar surface area (TPSA) is 3.24 Å². The number of fused-ring (bicyclic) bond motifs is 1. The number of hydrogen-bond acceptors (Lipinski definition) is 1. The normalized spacial score (nSPS) is 11.7. The summed E-state index contributed by atoms with van der Waals surface area (Å²) in [4.78, 5) is 2.40. The van der Waals surface area contributed by atoms with Crippen LogP contribution in [0.25, 0.3) is 43.1 Å². The lowest BCUT2D eigenvalue weighted by atomic mass is 9.93. The highest BCUT2D eigenvalue weighted by Crippen LogP contribution is 2.45. The van der Waals surface area contributed by atoms with E-state index in [9.17, 15) is 0 Å². The molecule has 2 heteroatoms. The van der Waals surface area contributed by atoms with Crippen LogP contribution in [0.2, 0.25) is 0 Å². The molecular formula is C33H22BrN. The highest BCUT2D eigenvalue weighted by atomic mass is 79.9. The molecule has 0 aromatic heterocycles. The van der Waals surface area contributed by atoms with E-state index in [0.29, 0.717) is 0 Å². The van der Waals surface area contributed by atoms with Gasteiger partial charge >= 0.3 is 0 Å². The number of nitrogens with zero attached hydrogens (tertiary/aromatic N) is 1. The first-order valence-corrected chi connectivity index (χ1v) is 12.7. The average molecular weight is 512 g/mol. The predicted octanol–water partition coefficient (Wildman–Crippen LogP) is 10.3. The summed E-state index contributed by atoms with van der Waals surface area (Å²) in [6.45, 7) is 2.14. The highest BCUT2D eigenvalue weighted by Gasteiger charge is 2.19. The van der Waals surface area contributed by atoms with E-state index in [-0.39, 0.29) is 0 Å². The number of anilines is 3. The van der Waals surface area contributed by atoms with Crippen molar-refractivity contribution in [2.24, 2.45) is 0 Å². The van der Waals surface area contributed by atoms with Gasteiger partial charge in [0, 0.05) is 21.2 Å². The van der Waals surface area contributed by atoms with Crippen molar-refractivity contribution < 1.29 is 0 Å². The monoisotopic (exact) mass is 511 g/mol. The van der Waals surface area contributed by atoms with Gasteiger partial charge in [0.25, 0.3) is 0 Å². The molecule has 7 rings (SSSR count). The maximum absolute atomic E-state index is 3.78. The highest BCUT2D eigenvalue weighted by molar-refractivity contribution is 9.10. The minimum Gasteiger partial charge on any atom is -0.310 e. The summed E-state index contributed by atoms with van der Waals surface area (Å²) in [6.07, 6.45) is 0. The molecule has 35 heavy (non-hydrogen) atoms. The molecule has 0 heterocycles. The van der Waals surface area contributed by atoms with Crippen molar-refractivity contribution in [1.82, 2.24) is 0 Å². The largest absolute Gasteiger partial charge is 0.310 e. The Hall–Kier alpha value is -3.88. The molecule has 7 aromatic carbocycles. The molecule has 0 N–H and O–H groups in total. The molecule has 0 unspecified atom stereocenters. The van der Waals surface area contributed by atoms with Crippen LogP contribution in [-0.2, 0) is 0 Å². The lowest BCUT2D eigenvalue weighted by Gasteiger charge is -2.28. The van der Waals surface area contributed by atoms with Crippen LogP contribution in [-0.4, -0.2) is 0 Å². The third kappa shape index (κ3) is 3.21. The van der Waals surface area contributed by atoms with Gasteiger partial charge in [-0.1, -0.05) is 100 Å². The molecule has 0 bridgehead atoms. The first-order chi connectivity index (χ1) is 17.2. The second kappa shape index (κ2) is 7.83. The van der Waals surface area contributed by atoms with Crippen LogP contribution in [0.3, 0.4) is 0 Å². The third-order valence-corrected chi connectivity index (χ3v) is 7.80. The molecule has 0 fully saturated rings. The van der Waals surface area contributed by atoms with Crippen LogP contribution in [0.4, 0.5) is 17.1 Å². The lowest BCUT2D eigenvalue weighted by Crippen LogP contribution is -2.10. The van der Waals surface area contributed by atoms with E-state index in [1.807, 2.05) is 0 Å². The van der Waals surface area contributed by atoms with Gasteiger partial charge in [-0.3, -0.25) is 0 Å². The zero-order valence-electron chi connectivity index (χ0n) is 19.3. The van der Waals surface area contributed by atoms with E-state index < -0.39 is 0 Å². The average Bonchev–Trinajstić information content (AvgIpc) is 2.90. The van der Waals surface area contributed by atoms with E-state index in [1.54, 1.807) is 0 Å². The van der Waals surface area contributed by atoms with Gasteiger partial charge in [-0.05, 0) is 81.0 Å². The smallest absolute Gasteiger partial charge is 0.0540 e. The Bertz CT molecular complexity index is 1870. The lowest BCUT2D eigenvalue weighted by molar-refractivity contribution is 1.29. The SMILES string of the molecule is Cc1ccc(N(c2ccc3ccccc3c2)c2ccc3ccc4c(Br)ccc5ccc2c3c54)cc1. The van der Waals surface area contributed by atoms with E-state index in [0.717, 1.165) is 15.8 Å². The molecule has 0 saturated heterocycles. The Morgan fingerprint density at radius 3 is 1.91 bits per heavy atom. The van der Waals surface area contributed by atoms with Gasteiger partial charge in [-0.25, -0.2) is 0 Å². The predicted molar refractivity (Wildman–Crippen MR) is 155 cm³/mol. The zero-order chi connectivity index (χ0) is 23.5. The third-order valence-electron chi connectivity index (χ3n) is 7.11. The molecule has 7 aromatic rings. The molecule has 1 nitrogen and oxygen atoms in total. The van der Waals surface area contributed by atoms with Crippen molar-refractivity contribution in [1.29, 1.82) is 0 Å². The first kappa shape index (κ1) is 20.5. The van der Waals surface area contributed by atoms with E-state index in [4.69, 9.17) is 0 Å². The number of benzene rings is 7. The number of rotatable bonds is 3. The molecule has 0 aliphatic carbocycles. The Balaban J connectivity index is 1.57. The molecule has 0 atom stereocenters. The second-order valence-corrected chi connectivity index (χ2v) is 10.1. The van der Waals surface area contributed by atoms with E-state index >= 15 is 0 Å². The van der Waals surface area contributed by atoms with Crippen molar-refractivity contribution in [2.45, 2.75) is 6.92 Å². The van der Waals surface area contributed by atoms with Gasteiger partial charge in [0.2, 0.25) is 0 Å². The molecule has 0 radical (unpaired) electrons. The van der Waals surface area contributed by atoms with Crippen LogP contribution in [0.1, 0.15) is 5.56 Å². The molecule has 0 amide bonds. The number of halogens is 1. The Kier molecular flexibility index (Phi) is 4.58. The summed E-state index contributed by atoms with van der Waals surface area (Å²) in [5.41, 5.74) is 4.75. The summed E-state index contributed by atoms with van der Waals surface area (Å²) in [5.74, 6) is 0. The van der Waals surface area contributed by atoms with Crippen molar-refractivity contribution in [3.8, 4) is 0 Å². The minimum atomic E-state index is 1.13. The Morgan fingerprint density at radius 2 is 1.11 bits per heavy atom. The molecule has 166 valence electrons. The van der Waals surface area contributed by atoms with Crippen molar-refractivity contribution in [3.63, 3.8) is 0 Å². The molecule has 0 aliphatic heterocycles. The summed E-state index contributed by atoms with van der Waals surface area (Å²) >= 11 is 3.78. The maximum Gasteiger partial charge on any atom is 0.0540 e. The summed E-state index contributed by atoms with van der Waals surface area (Å²) in [5, 5.41) is 10.2. The fourth-order valence-corrected chi connectivity index (χ4v) is 5.84. The fraction of sp³-hybridized carbons (Fsp3) is 0.0303. The molecular weight excluding hydrogens is 490 g/mol. The number of aryl methyl sites for hydroxylation is 1. The summed E-state index contributed by atoms with van der Waals surface area (Å²) in [7, 11) is 0. The molecule has 0 aliphatic rings. The van der Waals surface area contributed by atoms with Gasteiger partial charge in [-0.15, -0.1) is 0 Å². The fourth-order valence-electron chi connectivity index (χ4n) is 5.38. The van der Waals surface area contributed by atoms with Crippen molar-refractivity contribution >= 4 is 76.1 Å². The second-order valence-electron chi connectivity index (χ2n) is 9.26. The van der Waals surface area contributed by atoms with Gasteiger partial charge in [0.05, 0.1) is 5.69 Å². The minimum absolute atomic E-state index is 1.13. The summed E-state index contributed by atoms with van der Waals surface area (Å²) in [6, 6.07) is 42.0. The zero-order valence-corrected chi connectivity index (χ0v) is 20.9. The quantitative estimate of drug-likeness (QED) is 0.213. The standard InChI is InChI=1S/C33H22BrN/c1-21-6-13-26(14-7-21)35(27-15-8-22-4-2-3-5-25(22)20-27)31-19-12-24-9-16-28-30(34)18-11-23-10-17-29(31)33(24)32(23)28/h2-20H,1H3. The maximum atomic E-state index is 3.78. The molecule has 0 spiro atoms. The van der Waals surface area contributed by atoms with Gasteiger partial charge in [0.15, 0.2) is 0 Å². The van der Waals surface area contributed by atoms with Gasteiger partial charge in [0.1, 0.15) is 0 Å². The van der Waals surface area contributed by atoms with Crippen LogP contribution in [0.5, 0.6) is 0 Å². The van der Waals surface area contributed by atoms with Crippen molar-refractivity contribution in [3.05, 3.63) is 125 Å². The van der Waals surface area contributed by atoms with Crippen LogP contribution < -0.4 is 4.90 Å². The number of hydrogen-bond donors (Lipinski definition) is 0.